The van der Waals surface area contributed by atoms with Crippen LogP contribution in [0.25, 0.3) is 22.7 Å². The maximum absolute atomic E-state index is 12.9. The summed E-state index contributed by atoms with van der Waals surface area (Å²) in [5.74, 6) is 0.899. The number of hydrogen-bond donors (Lipinski definition) is 1. The first-order valence-corrected chi connectivity index (χ1v) is 13.6. The molecule has 3 aromatic rings. The number of amides is 1. The molecule has 1 aliphatic heterocycles. The summed E-state index contributed by atoms with van der Waals surface area (Å²) in [6.45, 7) is 11.2. The van der Waals surface area contributed by atoms with Gasteiger partial charge in [-0.2, -0.15) is 0 Å². The molecule has 0 unspecified atom stereocenters. The van der Waals surface area contributed by atoms with Crippen LogP contribution in [0.15, 0.2) is 47.1 Å². The van der Waals surface area contributed by atoms with Crippen molar-refractivity contribution in [1.82, 2.24) is 24.7 Å². The van der Waals surface area contributed by atoms with Gasteiger partial charge in [0.15, 0.2) is 11.5 Å². The maximum Gasteiger partial charge on any atom is 0.287 e. The van der Waals surface area contributed by atoms with Crippen LogP contribution < -0.4 is 5.32 Å². The lowest BCUT2D eigenvalue weighted by Crippen LogP contribution is -2.48. The van der Waals surface area contributed by atoms with E-state index >= 15 is 0 Å². The van der Waals surface area contributed by atoms with Crippen molar-refractivity contribution in [3.63, 3.8) is 0 Å². The zero-order chi connectivity index (χ0) is 24.9. The van der Waals surface area contributed by atoms with Crippen LogP contribution in [0.4, 0.5) is 0 Å². The monoisotopic (exact) mass is 489 g/mol. The minimum Gasteiger partial charge on any atom is -0.449 e. The number of aryl methyl sites for hydroxylation is 1. The van der Waals surface area contributed by atoms with E-state index in [-0.39, 0.29) is 5.91 Å². The van der Waals surface area contributed by atoms with E-state index < -0.39 is 0 Å². The first-order chi connectivity index (χ1) is 17.6. The predicted molar refractivity (Wildman–Crippen MR) is 143 cm³/mol. The highest BCUT2D eigenvalue weighted by Gasteiger charge is 2.25. The van der Waals surface area contributed by atoms with E-state index in [0.29, 0.717) is 24.1 Å². The molecular formula is C29H39N5O2. The van der Waals surface area contributed by atoms with Crippen molar-refractivity contribution in [2.24, 2.45) is 0 Å². The number of furan rings is 1. The summed E-state index contributed by atoms with van der Waals surface area (Å²) in [6, 6.07) is 12.6. The number of likely N-dealkylation sites (N-methyl/N-ethyl adjacent to an activating group) is 1. The molecule has 3 heterocycles. The van der Waals surface area contributed by atoms with Gasteiger partial charge in [-0.25, -0.2) is 4.98 Å². The third kappa shape index (κ3) is 5.57. The molecule has 0 atom stereocenters. The van der Waals surface area contributed by atoms with Crippen molar-refractivity contribution < 1.29 is 9.21 Å². The molecule has 7 nitrogen and oxygen atoms in total. The highest BCUT2D eigenvalue weighted by Crippen LogP contribution is 2.38. The van der Waals surface area contributed by atoms with Gasteiger partial charge in [0.25, 0.3) is 5.91 Å². The van der Waals surface area contributed by atoms with Gasteiger partial charge in [-0.05, 0) is 38.4 Å². The number of piperazine rings is 1. The van der Waals surface area contributed by atoms with Crippen LogP contribution in [-0.4, -0.2) is 71.1 Å². The summed E-state index contributed by atoms with van der Waals surface area (Å²) in [5, 5.41) is 3.05. The molecule has 0 bridgehead atoms. The van der Waals surface area contributed by atoms with Crippen LogP contribution >= 0.6 is 0 Å². The zero-order valence-corrected chi connectivity index (χ0v) is 21.7. The Morgan fingerprint density at radius 3 is 2.44 bits per heavy atom. The topological polar surface area (TPSA) is 66.5 Å². The van der Waals surface area contributed by atoms with E-state index in [1.807, 2.05) is 12.4 Å². The molecule has 1 N–H and O–H groups in total. The predicted octanol–water partition coefficient (Wildman–Crippen LogP) is 4.99. The van der Waals surface area contributed by atoms with Crippen LogP contribution in [0.1, 0.15) is 61.2 Å². The number of benzene rings is 1. The molecule has 2 aliphatic rings. The number of aromatic nitrogens is 2. The number of hydrogen-bond acceptors (Lipinski definition) is 5. The highest BCUT2D eigenvalue weighted by molar-refractivity contribution is 5.92. The minimum absolute atomic E-state index is 0.158. The van der Waals surface area contributed by atoms with Crippen LogP contribution in [0.5, 0.6) is 0 Å². The van der Waals surface area contributed by atoms with E-state index in [2.05, 4.69) is 57.8 Å². The normalized spacial score (nSPS) is 17.9. The minimum atomic E-state index is -0.158. The van der Waals surface area contributed by atoms with E-state index in [9.17, 15) is 4.79 Å². The van der Waals surface area contributed by atoms with Crippen LogP contribution in [0.2, 0.25) is 0 Å². The molecule has 192 valence electrons. The second-order valence-corrected chi connectivity index (χ2v) is 10.2. The van der Waals surface area contributed by atoms with Crippen LogP contribution in [0, 0.1) is 6.92 Å². The summed E-state index contributed by atoms with van der Waals surface area (Å²) >= 11 is 0. The van der Waals surface area contributed by atoms with Gasteiger partial charge in [0.1, 0.15) is 5.69 Å². The third-order valence-corrected chi connectivity index (χ3v) is 7.78. The number of carbonyl (C=O) groups excluding carboxylic acids is 1. The summed E-state index contributed by atoms with van der Waals surface area (Å²) in [7, 11) is 0. The lowest BCUT2D eigenvalue weighted by molar-refractivity contribution is 0.0911. The molecule has 1 amide bonds. The zero-order valence-electron chi connectivity index (χ0n) is 21.7. The Morgan fingerprint density at radius 2 is 1.72 bits per heavy atom. The van der Waals surface area contributed by atoms with E-state index in [4.69, 9.17) is 9.40 Å². The molecule has 5 rings (SSSR count). The highest BCUT2D eigenvalue weighted by atomic mass is 16.4. The van der Waals surface area contributed by atoms with Crippen molar-refractivity contribution in [2.45, 2.75) is 52.0 Å². The summed E-state index contributed by atoms with van der Waals surface area (Å²) in [5.41, 5.74) is 4.17. The Balaban J connectivity index is 1.31. The average Bonchev–Trinajstić information content (AvgIpc) is 3.58. The summed E-state index contributed by atoms with van der Waals surface area (Å²) in [6.07, 6.45) is 8.03. The Kier molecular flexibility index (Phi) is 7.87. The summed E-state index contributed by atoms with van der Waals surface area (Å²) < 4.78 is 8.47. The van der Waals surface area contributed by atoms with Gasteiger partial charge in [-0.15, -0.1) is 0 Å². The largest absolute Gasteiger partial charge is 0.449 e. The summed E-state index contributed by atoms with van der Waals surface area (Å²) in [4.78, 5) is 22.6. The first kappa shape index (κ1) is 24.8. The Hall–Kier alpha value is -2.90. The van der Waals surface area contributed by atoms with E-state index in [0.717, 1.165) is 69.1 Å². The number of rotatable bonds is 8. The number of imidazole rings is 1. The van der Waals surface area contributed by atoms with Crippen molar-refractivity contribution in [3.05, 3.63) is 54.0 Å². The van der Waals surface area contributed by atoms with Gasteiger partial charge >= 0.3 is 0 Å². The Morgan fingerprint density at radius 1 is 1.00 bits per heavy atom. The van der Waals surface area contributed by atoms with Crippen LogP contribution in [-0.2, 0) is 0 Å². The third-order valence-electron chi connectivity index (χ3n) is 7.78. The van der Waals surface area contributed by atoms with Gasteiger partial charge in [0.05, 0.1) is 12.0 Å². The van der Waals surface area contributed by atoms with E-state index in [1.165, 1.54) is 24.8 Å². The fraction of sp³-hybridized carbons (Fsp3) is 0.517. The molecule has 1 aliphatic carbocycles. The van der Waals surface area contributed by atoms with Crippen molar-refractivity contribution in [1.29, 1.82) is 0 Å². The van der Waals surface area contributed by atoms with Gasteiger partial charge in [0.2, 0.25) is 0 Å². The van der Waals surface area contributed by atoms with Gasteiger partial charge < -0.3 is 19.2 Å². The van der Waals surface area contributed by atoms with Gasteiger partial charge in [-0.1, -0.05) is 56.0 Å². The second-order valence-electron chi connectivity index (χ2n) is 10.2. The molecule has 1 saturated carbocycles. The molecule has 0 spiro atoms. The Labute approximate surface area is 214 Å². The van der Waals surface area contributed by atoms with Crippen molar-refractivity contribution in [3.8, 4) is 22.7 Å². The second kappa shape index (κ2) is 11.4. The molecule has 2 aromatic heterocycles. The number of nitrogens with zero attached hydrogens (tertiary/aromatic N) is 4. The van der Waals surface area contributed by atoms with Crippen molar-refractivity contribution in [2.75, 3.05) is 45.8 Å². The van der Waals surface area contributed by atoms with E-state index in [1.54, 1.807) is 6.07 Å². The lowest BCUT2D eigenvalue weighted by Gasteiger charge is -2.33. The van der Waals surface area contributed by atoms with Gasteiger partial charge in [-0.3, -0.25) is 9.69 Å². The molecule has 2 fully saturated rings. The SMILES string of the molecule is CCN1CCN(CCNC(=O)c2ccc(-c3c(-c4ccc(C)cc4)ncn3C3CCCCC3)o2)CC1. The number of nitrogens with one attached hydrogen (secondary N) is 1. The van der Waals surface area contributed by atoms with Crippen LogP contribution in [0.3, 0.4) is 0 Å². The molecule has 7 heteroatoms. The fourth-order valence-corrected chi connectivity index (χ4v) is 5.49. The average molecular weight is 490 g/mol. The standard InChI is InChI=1S/C29H39N5O2/c1-3-32-17-19-33(20-18-32)16-15-30-29(35)26-14-13-25(36-26)28-27(23-11-9-22(2)10-12-23)31-21-34(28)24-7-5-4-6-8-24/h9-14,21,24H,3-8,15-20H2,1-2H3,(H,30,35). The smallest absolute Gasteiger partial charge is 0.287 e. The molecular weight excluding hydrogens is 450 g/mol. The van der Waals surface area contributed by atoms with Gasteiger partial charge in [0, 0.05) is 50.9 Å². The number of carbonyl (C=O) groups is 1. The maximum atomic E-state index is 12.9. The molecule has 1 saturated heterocycles. The molecule has 36 heavy (non-hydrogen) atoms. The Bertz CT molecular complexity index is 1130. The molecule has 1 aromatic carbocycles. The lowest BCUT2D eigenvalue weighted by atomic mass is 9.95. The quantitative estimate of drug-likeness (QED) is 0.483. The van der Waals surface area contributed by atoms with Crippen molar-refractivity contribution >= 4 is 5.91 Å². The fourth-order valence-electron chi connectivity index (χ4n) is 5.49. The molecule has 0 radical (unpaired) electrons. The first-order valence-electron chi connectivity index (χ1n) is 13.6.